The van der Waals surface area contributed by atoms with Crippen LogP contribution in [0.5, 0.6) is 0 Å². The number of aliphatic hydroxyl groups is 1. The molecule has 0 aliphatic heterocycles. The van der Waals surface area contributed by atoms with E-state index >= 15 is 0 Å². The molecule has 0 fully saturated rings. The predicted octanol–water partition coefficient (Wildman–Crippen LogP) is -1.11. The summed E-state index contributed by atoms with van der Waals surface area (Å²) in [5.41, 5.74) is 5.35. The van der Waals surface area contributed by atoms with Crippen molar-refractivity contribution in [3.63, 3.8) is 0 Å². The average molecular weight is 155 g/mol. The van der Waals surface area contributed by atoms with Gasteiger partial charge in [0.1, 0.15) is 0 Å². The van der Waals surface area contributed by atoms with Gasteiger partial charge < -0.3 is 10.8 Å². The minimum absolute atomic E-state index is 0.0608. The van der Waals surface area contributed by atoms with E-state index in [1.807, 2.05) is 0 Å². The van der Waals surface area contributed by atoms with E-state index in [4.69, 9.17) is 10.8 Å². The Morgan fingerprint density at radius 3 is 3.00 bits per heavy atom. The van der Waals surface area contributed by atoms with Gasteiger partial charge in [0.15, 0.2) is 5.95 Å². The quantitative estimate of drug-likeness (QED) is 0.504. The smallest absolute Gasteiger partial charge is 0.255 e. The van der Waals surface area contributed by atoms with Crippen LogP contribution in [0.2, 0.25) is 0 Å². The van der Waals surface area contributed by atoms with E-state index in [0.717, 1.165) is 0 Å². The molecule has 1 heterocycles. The summed E-state index contributed by atoms with van der Waals surface area (Å²) < 4.78 is 0. The van der Waals surface area contributed by atoms with Gasteiger partial charge in [-0.25, -0.2) is 4.98 Å². The number of nitrogens with two attached hydrogens (primary N) is 1. The third-order valence-electron chi connectivity index (χ3n) is 1.27. The van der Waals surface area contributed by atoms with Crippen LogP contribution >= 0.6 is 0 Å². The van der Waals surface area contributed by atoms with Gasteiger partial charge in [-0.2, -0.15) is 0 Å². The monoisotopic (exact) mass is 155 g/mol. The number of nitrogen functional groups attached to an aromatic ring is 1. The number of rotatable bonds is 2. The first-order valence-corrected chi connectivity index (χ1v) is 3.18. The molecule has 0 aliphatic carbocycles. The van der Waals surface area contributed by atoms with E-state index in [9.17, 15) is 4.79 Å². The van der Waals surface area contributed by atoms with Crippen molar-refractivity contribution < 1.29 is 5.11 Å². The molecular formula is C6H9N3O2. The normalized spacial score (nSPS) is 9.91. The van der Waals surface area contributed by atoms with Gasteiger partial charge in [-0.1, -0.05) is 0 Å². The van der Waals surface area contributed by atoms with Crippen LogP contribution in [-0.4, -0.2) is 21.7 Å². The Balaban J connectivity index is 3.00. The largest absolute Gasteiger partial charge is 0.396 e. The number of anilines is 1. The van der Waals surface area contributed by atoms with Crippen LogP contribution in [0.1, 0.15) is 5.56 Å². The van der Waals surface area contributed by atoms with E-state index in [1.54, 1.807) is 0 Å². The Hall–Kier alpha value is -1.36. The SMILES string of the molecule is Nc1ncc(CCO)c(=O)[nH]1. The fourth-order valence-electron chi connectivity index (χ4n) is 0.733. The minimum atomic E-state index is -0.286. The number of aromatic nitrogens is 2. The second-order valence-electron chi connectivity index (χ2n) is 2.10. The highest BCUT2D eigenvalue weighted by molar-refractivity contribution is 5.17. The van der Waals surface area contributed by atoms with Gasteiger partial charge in [0, 0.05) is 24.8 Å². The van der Waals surface area contributed by atoms with Gasteiger partial charge in [0.05, 0.1) is 0 Å². The van der Waals surface area contributed by atoms with Crippen LogP contribution in [0.3, 0.4) is 0 Å². The number of nitrogens with one attached hydrogen (secondary N) is 1. The maximum atomic E-state index is 10.9. The molecule has 0 atom stereocenters. The highest BCUT2D eigenvalue weighted by Gasteiger charge is 1.98. The first-order valence-electron chi connectivity index (χ1n) is 3.18. The van der Waals surface area contributed by atoms with Crippen molar-refractivity contribution in [1.82, 2.24) is 9.97 Å². The standard InChI is InChI=1S/C6H9N3O2/c7-6-8-3-4(1-2-10)5(11)9-6/h3,10H,1-2H2,(H3,7,8,9,11). The Morgan fingerprint density at radius 1 is 1.73 bits per heavy atom. The van der Waals surface area contributed by atoms with E-state index in [-0.39, 0.29) is 18.1 Å². The second kappa shape index (κ2) is 3.16. The van der Waals surface area contributed by atoms with Crippen LogP contribution in [-0.2, 0) is 6.42 Å². The lowest BCUT2D eigenvalue weighted by molar-refractivity contribution is 0.299. The fraction of sp³-hybridized carbons (Fsp3) is 0.333. The Morgan fingerprint density at radius 2 is 2.45 bits per heavy atom. The summed E-state index contributed by atoms with van der Waals surface area (Å²) in [5, 5.41) is 8.50. The summed E-state index contributed by atoms with van der Waals surface area (Å²) >= 11 is 0. The number of nitrogens with zero attached hydrogens (tertiary/aromatic N) is 1. The van der Waals surface area contributed by atoms with E-state index in [2.05, 4.69) is 9.97 Å². The van der Waals surface area contributed by atoms with Crippen LogP contribution in [0, 0.1) is 0 Å². The topological polar surface area (TPSA) is 92.0 Å². The molecule has 11 heavy (non-hydrogen) atoms. The number of H-pyrrole nitrogens is 1. The highest BCUT2D eigenvalue weighted by Crippen LogP contribution is 1.90. The van der Waals surface area contributed by atoms with Crippen LogP contribution in [0.4, 0.5) is 5.95 Å². The van der Waals surface area contributed by atoms with Gasteiger partial charge in [-0.3, -0.25) is 9.78 Å². The predicted molar refractivity (Wildman–Crippen MR) is 40.1 cm³/mol. The van der Waals surface area contributed by atoms with Gasteiger partial charge in [-0.15, -0.1) is 0 Å². The van der Waals surface area contributed by atoms with Gasteiger partial charge in [0.25, 0.3) is 5.56 Å². The van der Waals surface area contributed by atoms with Gasteiger partial charge in [-0.05, 0) is 0 Å². The molecule has 1 aromatic heterocycles. The zero-order valence-corrected chi connectivity index (χ0v) is 5.87. The summed E-state index contributed by atoms with van der Waals surface area (Å²) in [5.74, 6) is 0.0942. The summed E-state index contributed by atoms with van der Waals surface area (Å²) in [6, 6.07) is 0. The maximum absolute atomic E-state index is 10.9. The summed E-state index contributed by atoms with van der Waals surface area (Å²) in [7, 11) is 0. The third kappa shape index (κ3) is 1.78. The molecule has 0 unspecified atom stereocenters. The highest BCUT2D eigenvalue weighted by atomic mass is 16.3. The Bertz CT molecular complexity index is 294. The molecule has 5 nitrogen and oxygen atoms in total. The lowest BCUT2D eigenvalue weighted by atomic mass is 10.2. The molecule has 0 aliphatic rings. The summed E-state index contributed by atoms with van der Waals surface area (Å²) in [6.45, 7) is -0.0608. The first-order chi connectivity index (χ1) is 5.24. The molecule has 60 valence electrons. The molecule has 4 N–H and O–H groups in total. The number of hydrogen-bond donors (Lipinski definition) is 3. The molecule has 0 saturated carbocycles. The van der Waals surface area contributed by atoms with Crippen molar-refractivity contribution in [1.29, 1.82) is 0 Å². The molecule has 5 heteroatoms. The molecule has 0 amide bonds. The summed E-state index contributed by atoms with van der Waals surface area (Å²) in [6.07, 6.45) is 1.67. The summed E-state index contributed by atoms with van der Waals surface area (Å²) in [4.78, 5) is 16.9. The van der Waals surface area contributed by atoms with Crippen molar-refractivity contribution in [2.24, 2.45) is 0 Å². The number of hydrogen-bond acceptors (Lipinski definition) is 4. The van der Waals surface area contributed by atoms with Crippen molar-refractivity contribution in [3.05, 3.63) is 22.1 Å². The second-order valence-corrected chi connectivity index (χ2v) is 2.10. The van der Waals surface area contributed by atoms with Crippen molar-refractivity contribution in [2.75, 3.05) is 12.3 Å². The van der Waals surface area contributed by atoms with Crippen LogP contribution in [0.15, 0.2) is 11.0 Å². The first kappa shape index (κ1) is 7.74. The Kier molecular flexibility index (Phi) is 2.22. The lowest BCUT2D eigenvalue weighted by Crippen LogP contribution is -2.16. The zero-order chi connectivity index (χ0) is 8.27. The molecule has 0 bridgehead atoms. The molecule has 0 spiro atoms. The van der Waals surface area contributed by atoms with Crippen LogP contribution in [0.25, 0.3) is 0 Å². The lowest BCUT2D eigenvalue weighted by Gasteiger charge is -1.95. The van der Waals surface area contributed by atoms with Crippen LogP contribution < -0.4 is 11.3 Å². The maximum Gasteiger partial charge on any atom is 0.255 e. The fourth-order valence-corrected chi connectivity index (χ4v) is 0.733. The molecule has 0 radical (unpaired) electrons. The molecule has 1 rings (SSSR count). The van der Waals surface area contributed by atoms with E-state index < -0.39 is 0 Å². The molecule has 0 saturated heterocycles. The van der Waals surface area contributed by atoms with E-state index in [1.165, 1.54) is 6.20 Å². The van der Waals surface area contributed by atoms with Crippen molar-refractivity contribution in [3.8, 4) is 0 Å². The zero-order valence-electron chi connectivity index (χ0n) is 5.87. The van der Waals surface area contributed by atoms with Crippen molar-refractivity contribution >= 4 is 5.95 Å². The van der Waals surface area contributed by atoms with Crippen molar-refractivity contribution in [2.45, 2.75) is 6.42 Å². The number of aromatic amines is 1. The molecule has 0 aromatic carbocycles. The Labute approximate surface area is 62.9 Å². The minimum Gasteiger partial charge on any atom is -0.396 e. The van der Waals surface area contributed by atoms with Gasteiger partial charge >= 0.3 is 0 Å². The van der Waals surface area contributed by atoms with E-state index in [0.29, 0.717) is 12.0 Å². The average Bonchev–Trinajstić information content (AvgIpc) is 1.95. The third-order valence-corrected chi connectivity index (χ3v) is 1.27. The molecular weight excluding hydrogens is 146 g/mol. The van der Waals surface area contributed by atoms with Gasteiger partial charge in [0.2, 0.25) is 0 Å². The molecule has 1 aromatic rings. The number of aliphatic hydroxyl groups excluding tert-OH is 1.